The number of thiocarbonyl (C=S) groups is 1. The van der Waals surface area contributed by atoms with Gasteiger partial charge in [0.2, 0.25) is 0 Å². The van der Waals surface area contributed by atoms with E-state index >= 15 is 0 Å². The molecule has 0 spiro atoms. The number of aromatic carboxylic acids is 1. The van der Waals surface area contributed by atoms with Gasteiger partial charge in [0.15, 0.2) is 15.8 Å². The molecule has 3 rings (SSSR count). The van der Waals surface area contributed by atoms with E-state index in [0.717, 1.165) is 17.3 Å². The minimum absolute atomic E-state index is 0.0210. The topological polar surface area (TPSA) is 87.1 Å². The smallest absolute Gasteiger partial charge is 0.335 e. The number of carbonyl (C=O) groups excluding carboxylic acids is 1. The van der Waals surface area contributed by atoms with Crippen molar-refractivity contribution in [3.63, 3.8) is 0 Å². The molecule has 0 saturated carbocycles. The monoisotopic (exact) mass is 415 g/mol. The van der Waals surface area contributed by atoms with Gasteiger partial charge in [0.25, 0.3) is 5.91 Å². The Labute approximate surface area is 171 Å². The van der Waals surface area contributed by atoms with Crippen molar-refractivity contribution in [3.05, 3.63) is 58.0 Å². The molecule has 1 heterocycles. The van der Waals surface area contributed by atoms with E-state index in [1.807, 2.05) is 6.92 Å². The average Bonchev–Trinajstić information content (AvgIpc) is 2.92. The molecule has 2 aromatic rings. The number of aromatic hydroxyl groups is 1. The summed E-state index contributed by atoms with van der Waals surface area (Å²) in [5, 5.41) is 19.0. The molecule has 2 aromatic carbocycles. The van der Waals surface area contributed by atoms with Crippen LogP contribution in [0.1, 0.15) is 28.4 Å². The lowest BCUT2D eigenvalue weighted by Gasteiger charge is -2.17. The van der Waals surface area contributed by atoms with E-state index in [-0.39, 0.29) is 17.2 Å². The number of amides is 1. The molecule has 1 aliphatic rings. The fourth-order valence-corrected chi connectivity index (χ4v) is 3.99. The lowest BCUT2D eigenvalue weighted by molar-refractivity contribution is -0.113. The molecule has 1 saturated heterocycles. The standard InChI is InChI=1S/C20H17NO5S2/c1-3-26-16-8-12(5-7-15(16)22)9-17-18(23)21(20(27)28-17)14-10-13(19(24)25)6-4-11(14)2/h4-10,22H,3H2,1-2H3,(H,24,25). The Bertz CT molecular complexity index is 1020. The third-order valence-electron chi connectivity index (χ3n) is 4.07. The maximum absolute atomic E-state index is 13.0. The summed E-state index contributed by atoms with van der Waals surface area (Å²) in [5.74, 6) is -1.05. The highest BCUT2D eigenvalue weighted by Gasteiger charge is 2.34. The van der Waals surface area contributed by atoms with Gasteiger partial charge in [-0.1, -0.05) is 36.1 Å². The number of anilines is 1. The van der Waals surface area contributed by atoms with Crippen LogP contribution in [0.5, 0.6) is 11.5 Å². The van der Waals surface area contributed by atoms with Gasteiger partial charge in [-0.25, -0.2) is 4.79 Å². The van der Waals surface area contributed by atoms with Gasteiger partial charge in [0.05, 0.1) is 22.8 Å². The Kier molecular flexibility index (Phi) is 5.71. The lowest BCUT2D eigenvalue weighted by Crippen LogP contribution is -2.28. The summed E-state index contributed by atoms with van der Waals surface area (Å²) >= 11 is 6.50. The number of carboxylic acids is 1. The molecule has 0 unspecified atom stereocenters. The summed E-state index contributed by atoms with van der Waals surface area (Å²) < 4.78 is 5.69. The molecule has 0 bridgehead atoms. The van der Waals surface area contributed by atoms with Crippen molar-refractivity contribution >= 4 is 51.9 Å². The number of thioether (sulfide) groups is 1. The summed E-state index contributed by atoms with van der Waals surface area (Å²) in [6, 6.07) is 9.38. The van der Waals surface area contributed by atoms with E-state index in [0.29, 0.717) is 32.8 Å². The first-order chi connectivity index (χ1) is 13.3. The number of carboxylic acid groups (broad SMARTS) is 1. The molecule has 144 valence electrons. The van der Waals surface area contributed by atoms with Crippen LogP contribution in [0.25, 0.3) is 6.08 Å². The Morgan fingerprint density at radius 2 is 2.04 bits per heavy atom. The van der Waals surface area contributed by atoms with E-state index in [9.17, 15) is 19.8 Å². The van der Waals surface area contributed by atoms with Crippen LogP contribution in [-0.2, 0) is 4.79 Å². The average molecular weight is 415 g/mol. The van der Waals surface area contributed by atoms with E-state index in [4.69, 9.17) is 17.0 Å². The number of aryl methyl sites for hydroxylation is 1. The normalized spacial score (nSPS) is 15.4. The van der Waals surface area contributed by atoms with Crippen molar-refractivity contribution < 1.29 is 24.5 Å². The molecule has 0 radical (unpaired) electrons. The number of phenols is 1. The van der Waals surface area contributed by atoms with Crippen LogP contribution >= 0.6 is 24.0 Å². The van der Waals surface area contributed by atoms with Crippen LogP contribution in [0.3, 0.4) is 0 Å². The Morgan fingerprint density at radius 3 is 2.71 bits per heavy atom. The lowest BCUT2D eigenvalue weighted by atomic mass is 10.1. The van der Waals surface area contributed by atoms with Gasteiger partial charge in [0, 0.05) is 0 Å². The van der Waals surface area contributed by atoms with E-state index in [2.05, 4.69) is 0 Å². The molecule has 6 nitrogen and oxygen atoms in total. The largest absolute Gasteiger partial charge is 0.504 e. The SMILES string of the molecule is CCOc1cc(C=C2SC(=S)N(c3cc(C(=O)O)ccc3C)C2=O)ccc1O. The van der Waals surface area contributed by atoms with Crippen LogP contribution in [0.2, 0.25) is 0 Å². The Hall–Kier alpha value is -2.84. The van der Waals surface area contributed by atoms with Gasteiger partial charge in [0.1, 0.15) is 0 Å². The first-order valence-corrected chi connectivity index (χ1v) is 9.62. The highest BCUT2D eigenvalue weighted by atomic mass is 32.2. The number of nitrogens with zero attached hydrogens (tertiary/aromatic N) is 1. The summed E-state index contributed by atoms with van der Waals surface area (Å²) in [6.07, 6.45) is 1.66. The molecule has 0 atom stereocenters. The second kappa shape index (κ2) is 8.04. The zero-order chi connectivity index (χ0) is 20.4. The van der Waals surface area contributed by atoms with Crippen molar-refractivity contribution in [2.45, 2.75) is 13.8 Å². The number of hydrogen-bond donors (Lipinski definition) is 2. The van der Waals surface area contributed by atoms with Crippen LogP contribution in [0.4, 0.5) is 5.69 Å². The molecule has 0 aromatic heterocycles. The third kappa shape index (κ3) is 3.88. The Balaban J connectivity index is 1.97. The molecule has 1 aliphatic heterocycles. The second-order valence-electron chi connectivity index (χ2n) is 5.98. The van der Waals surface area contributed by atoms with Crippen LogP contribution in [-0.4, -0.2) is 33.0 Å². The number of ether oxygens (including phenoxy) is 1. The van der Waals surface area contributed by atoms with Crippen LogP contribution in [0, 0.1) is 6.92 Å². The number of hydrogen-bond acceptors (Lipinski definition) is 6. The fraction of sp³-hybridized carbons (Fsp3) is 0.150. The fourth-order valence-electron chi connectivity index (χ4n) is 2.70. The summed E-state index contributed by atoms with van der Waals surface area (Å²) in [6.45, 7) is 4.00. The predicted octanol–water partition coefficient (Wildman–Crippen LogP) is 4.20. The Morgan fingerprint density at radius 1 is 1.29 bits per heavy atom. The molecule has 1 fully saturated rings. The zero-order valence-electron chi connectivity index (χ0n) is 15.1. The molecule has 8 heteroatoms. The zero-order valence-corrected chi connectivity index (χ0v) is 16.8. The van der Waals surface area contributed by atoms with Crippen molar-refractivity contribution in [2.75, 3.05) is 11.5 Å². The van der Waals surface area contributed by atoms with Crippen molar-refractivity contribution in [3.8, 4) is 11.5 Å². The number of carbonyl (C=O) groups is 2. The predicted molar refractivity (Wildman–Crippen MR) is 113 cm³/mol. The quantitative estimate of drug-likeness (QED) is 0.559. The molecule has 1 amide bonds. The molecule has 0 aliphatic carbocycles. The minimum Gasteiger partial charge on any atom is -0.504 e. The minimum atomic E-state index is -1.07. The highest BCUT2D eigenvalue weighted by molar-refractivity contribution is 8.27. The van der Waals surface area contributed by atoms with Crippen molar-refractivity contribution in [2.24, 2.45) is 0 Å². The first-order valence-electron chi connectivity index (χ1n) is 8.39. The van der Waals surface area contributed by atoms with E-state index in [1.165, 1.54) is 23.1 Å². The molecular formula is C20H17NO5S2. The third-order valence-corrected chi connectivity index (χ3v) is 5.37. The first kappa shape index (κ1) is 19.9. The number of benzene rings is 2. The molecule has 2 N–H and O–H groups in total. The van der Waals surface area contributed by atoms with Gasteiger partial charge in [-0.2, -0.15) is 0 Å². The summed E-state index contributed by atoms with van der Waals surface area (Å²) in [5.41, 5.74) is 1.95. The van der Waals surface area contributed by atoms with Crippen molar-refractivity contribution in [1.29, 1.82) is 0 Å². The second-order valence-corrected chi connectivity index (χ2v) is 7.66. The maximum Gasteiger partial charge on any atom is 0.335 e. The van der Waals surface area contributed by atoms with E-state index in [1.54, 1.807) is 31.2 Å². The summed E-state index contributed by atoms with van der Waals surface area (Å²) in [7, 11) is 0. The maximum atomic E-state index is 13.0. The number of rotatable bonds is 5. The van der Waals surface area contributed by atoms with Gasteiger partial charge in [-0.15, -0.1) is 0 Å². The molecule has 28 heavy (non-hydrogen) atoms. The molecular weight excluding hydrogens is 398 g/mol. The van der Waals surface area contributed by atoms with Crippen LogP contribution < -0.4 is 9.64 Å². The van der Waals surface area contributed by atoms with Crippen LogP contribution in [0.15, 0.2) is 41.3 Å². The van der Waals surface area contributed by atoms with Gasteiger partial charge in [-0.05, 0) is 55.3 Å². The van der Waals surface area contributed by atoms with Gasteiger partial charge < -0.3 is 14.9 Å². The van der Waals surface area contributed by atoms with Crippen molar-refractivity contribution in [1.82, 2.24) is 0 Å². The number of phenolic OH excluding ortho intramolecular Hbond substituents is 1. The highest BCUT2D eigenvalue weighted by Crippen LogP contribution is 2.38. The van der Waals surface area contributed by atoms with Gasteiger partial charge in [-0.3, -0.25) is 9.69 Å². The summed E-state index contributed by atoms with van der Waals surface area (Å²) in [4.78, 5) is 26.0. The van der Waals surface area contributed by atoms with Gasteiger partial charge >= 0.3 is 5.97 Å². The van der Waals surface area contributed by atoms with E-state index < -0.39 is 5.97 Å².